The van der Waals surface area contributed by atoms with Crippen LogP contribution in [0.1, 0.15) is 40.5 Å². The molecular weight excluding hydrogens is 383 g/mol. The molecule has 2 aliphatic heterocycles. The molecule has 0 saturated carbocycles. The molecule has 0 aliphatic carbocycles. The average Bonchev–Trinajstić information content (AvgIpc) is 2.87. The van der Waals surface area contributed by atoms with Crippen LogP contribution < -0.4 is 9.46 Å². The van der Waals surface area contributed by atoms with Crippen molar-refractivity contribution in [3.05, 3.63) is 29.1 Å². The fourth-order valence-corrected chi connectivity index (χ4v) is 4.95. The first-order chi connectivity index (χ1) is 12.7. The van der Waals surface area contributed by atoms with Gasteiger partial charge >= 0.3 is 16.2 Å². The number of morpholine rings is 1. The van der Waals surface area contributed by atoms with E-state index in [9.17, 15) is 22.4 Å². The molecule has 0 radical (unpaired) electrons. The highest BCUT2D eigenvalue weighted by Gasteiger charge is 2.45. The minimum Gasteiger partial charge on any atom is -0.493 e. The van der Waals surface area contributed by atoms with Crippen molar-refractivity contribution in [2.45, 2.75) is 31.8 Å². The summed E-state index contributed by atoms with van der Waals surface area (Å²) in [5.74, 6) is -4.01. The molecule has 1 aromatic carbocycles. The number of hydrogen-bond acceptors (Lipinski definition) is 6. The maximum Gasteiger partial charge on any atom is 0.338 e. The first kappa shape index (κ1) is 19.5. The van der Waals surface area contributed by atoms with Crippen LogP contribution in [0.2, 0.25) is 0 Å². The predicted octanol–water partition coefficient (Wildman–Crippen LogP) is 0.760. The third-order valence-corrected chi connectivity index (χ3v) is 6.11. The second-order valence-corrected chi connectivity index (χ2v) is 7.83. The summed E-state index contributed by atoms with van der Waals surface area (Å²) in [5.41, 5.74) is -1.08. The zero-order valence-corrected chi connectivity index (χ0v) is 15.3. The molecule has 11 heteroatoms. The lowest BCUT2D eigenvalue weighted by molar-refractivity contribution is 0.0263. The van der Waals surface area contributed by atoms with Crippen LogP contribution in [-0.4, -0.2) is 61.6 Å². The van der Waals surface area contributed by atoms with Crippen LogP contribution in [0.5, 0.6) is 5.75 Å². The van der Waals surface area contributed by atoms with Crippen LogP contribution >= 0.6 is 0 Å². The molecule has 2 fully saturated rings. The van der Waals surface area contributed by atoms with Crippen molar-refractivity contribution in [1.29, 1.82) is 0 Å². The van der Waals surface area contributed by atoms with E-state index in [-0.39, 0.29) is 37.7 Å². The Kier molecular flexibility index (Phi) is 5.36. The Morgan fingerprint density at radius 1 is 1.30 bits per heavy atom. The number of ether oxygens (including phenoxy) is 2. The van der Waals surface area contributed by atoms with Crippen molar-refractivity contribution < 1.29 is 37.0 Å². The molecule has 2 N–H and O–H groups in total. The van der Waals surface area contributed by atoms with Crippen molar-refractivity contribution in [2.75, 3.05) is 19.8 Å². The summed E-state index contributed by atoms with van der Waals surface area (Å²) in [6, 6.07) is 0.812. The highest BCUT2D eigenvalue weighted by atomic mass is 32.2. The Bertz CT molecular complexity index is 858. The van der Waals surface area contributed by atoms with Gasteiger partial charge in [-0.2, -0.15) is 12.7 Å². The molecule has 2 saturated heterocycles. The summed E-state index contributed by atoms with van der Waals surface area (Å²) in [7, 11) is -4.18. The quantitative estimate of drug-likeness (QED) is 0.720. The third-order valence-electron chi connectivity index (χ3n) is 4.52. The molecule has 2 heterocycles. The monoisotopic (exact) mass is 402 g/mol. The average molecular weight is 402 g/mol. The van der Waals surface area contributed by atoms with Crippen molar-refractivity contribution in [3.63, 3.8) is 0 Å². The second-order valence-electron chi connectivity index (χ2n) is 6.25. The highest BCUT2D eigenvalue weighted by Crippen LogP contribution is 2.31. The van der Waals surface area contributed by atoms with Gasteiger partial charge in [-0.1, -0.05) is 0 Å². The number of carboxylic acid groups (broad SMARTS) is 1. The zero-order valence-electron chi connectivity index (χ0n) is 14.5. The van der Waals surface area contributed by atoms with Gasteiger partial charge < -0.3 is 14.6 Å². The Morgan fingerprint density at radius 3 is 2.48 bits per heavy atom. The van der Waals surface area contributed by atoms with Gasteiger partial charge in [-0.25, -0.2) is 13.9 Å². The molecule has 2 aliphatic rings. The molecule has 2 unspecified atom stereocenters. The van der Waals surface area contributed by atoms with E-state index < -0.39 is 39.0 Å². The summed E-state index contributed by atoms with van der Waals surface area (Å²) < 4.78 is 53.0. The lowest BCUT2D eigenvalue weighted by atomic mass is 10.1. The molecule has 3 rings (SSSR count). The molecule has 0 aromatic heterocycles. The number of carbonyl (C=O) groups is 2. The van der Waals surface area contributed by atoms with Gasteiger partial charge in [0, 0.05) is 0 Å². The van der Waals surface area contributed by atoms with Crippen molar-refractivity contribution in [3.8, 4) is 5.75 Å². The fourth-order valence-electron chi connectivity index (χ4n) is 3.38. The standard InChI is InChI=1S/C16H19FN2O7S/c1-2-26-14-6-11(16(21)22)13(17)5-12(14)15(20)18-27(23,24)19-9-3-4-10(19)8-25-7-9/h5-6,9-10H,2-4,7-8H2,1H3,(H,18,20)(H,21,22). The predicted molar refractivity (Wildman–Crippen MR) is 90.4 cm³/mol. The molecule has 148 valence electrons. The number of fused-ring (bicyclic) bond motifs is 2. The van der Waals surface area contributed by atoms with Crippen LogP contribution in [0, 0.1) is 5.82 Å². The van der Waals surface area contributed by atoms with Gasteiger partial charge in [-0.15, -0.1) is 0 Å². The van der Waals surface area contributed by atoms with Crippen LogP contribution in [0.15, 0.2) is 12.1 Å². The zero-order chi connectivity index (χ0) is 19.8. The molecule has 2 atom stereocenters. The summed E-state index contributed by atoms with van der Waals surface area (Å²) in [4.78, 5) is 23.6. The van der Waals surface area contributed by atoms with Crippen molar-refractivity contribution in [2.24, 2.45) is 0 Å². The van der Waals surface area contributed by atoms with E-state index in [0.29, 0.717) is 18.9 Å². The summed E-state index contributed by atoms with van der Waals surface area (Å²) >= 11 is 0. The number of amides is 1. The first-order valence-corrected chi connectivity index (χ1v) is 9.81. The van der Waals surface area contributed by atoms with E-state index >= 15 is 0 Å². The number of rotatable bonds is 6. The Morgan fingerprint density at radius 2 is 1.93 bits per heavy atom. The molecule has 1 amide bonds. The van der Waals surface area contributed by atoms with E-state index in [1.54, 1.807) is 6.92 Å². The summed E-state index contributed by atoms with van der Waals surface area (Å²) in [6.07, 6.45) is 1.26. The van der Waals surface area contributed by atoms with Crippen molar-refractivity contribution >= 4 is 22.1 Å². The lowest BCUT2D eigenvalue weighted by Gasteiger charge is -2.33. The van der Waals surface area contributed by atoms with E-state index in [1.165, 1.54) is 4.31 Å². The van der Waals surface area contributed by atoms with E-state index in [2.05, 4.69) is 0 Å². The number of benzene rings is 1. The number of nitrogens with one attached hydrogen (secondary N) is 1. The molecular formula is C16H19FN2O7S. The third kappa shape index (κ3) is 3.75. The number of carboxylic acids is 1. The normalized spacial score (nSPS) is 22.4. The van der Waals surface area contributed by atoms with E-state index in [0.717, 1.165) is 6.07 Å². The Labute approximate surface area is 155 Å². The fraction of sp³-hybridized carbons (Fsp3) is 0.500. The molecule has 2 bridgehead atoms. The molecule has 1 aromatic rings. The minimum atomic E-state index is -4.18. The van der Waals surface area contributed by atoms with Crippen molar-refractivity contribution in [1.82, 2.24) is 9.03 Å². The number of aromatic carboxylic acids is 1. The summed E-state index contributed by atoms with van der Waals surface area (Å²) in [6.45, 7) is 2.16. The largest absolute Gasteiger partial charge is 0.493 e. The molecule has 0 spiro atoms. The van der Waals surface area contributed by atoms with E-state index in [4.69, 9.17) is 14.6 Å². The maximum atomic E-state index is 14.0. The topological polar surface area (TPSA) is 122 Å². The van der Waals surface area contributed by atoms with Crippen LogP contribution in [0.3, 0.4) is 0 Å². The lowest BCUT2D eigenvalue weighted by Crippen LogP contribution is -2.54. The van der Waals surface area contributed by atoms with Gasteiger partial charge in [0.15, 0.2) is 0 Å². The van der Waals surface area contributed by atoms with Crippen LogP contribution in [0.25, 0.3) is 0 Å². The minimum absolute atomic E-state index is 0.0747. The van der Waals surface area contributed by atoms with Gasteiger partial charge in [0.2, 0.25) is 0 Å². The van der Waals surface area contributed by atoms with Gasteiger partial charge in [-0.3, -0.25) is 4.79 Å². The number of hydrogen-bond donors (Lipinski definition) is 2. The molecule has 9 nitrogen and oxygen atoms in total. The number of nitrogens with zero attached hydrogens (tertiary/aromatic N) is 1. The molecule has 27 heavy (non-hydrogen) atoms. The second kappa shape index (κ2) is 7.41. The number of halogens is 1. The maximum absolute atomic E-state index is 14.0. The number of carbonyl (C=O) groups excluding carboxylic acids is 1. The SMILES string of the molecule is CCOc1cc(C(=O)O)c(F)cc1C(=O)NS(=O)(=O)N1C2CCC1COC2. The Balaban J connectivity index is 1.89. The summed E-state index contributed by atoms with van der Waals surface area (Å²) in [5, 5.41) is 9.00. The van der Waals surface area contributed by atoms with Crippen LogP contribution in [0.4, 0.5) is 4.39 Å². The highest BCUT2D eigenvalue weighted by molar-refractivity contribution is 7.87. The van der Waals surface area contributed by atoms with Gasteiger partial charge in [0.05, 0.1) is 43.0 Å². The van der Waals surface area contributed by atoms with Gasteiger partial charge in [-0.05, 0) is 31.9 Å². The van der Waals surface area contributed by atoms with Gasteiger partial charge in [0.1, 0.15) is 11.6 Å². The first-order valence-electron chi connectivity index (χ1n) is 8.37. The smallest absolute Gasteiger partial charge is 0.338 e. The Hall–Kier alpha value is -2.24. The van der Waals surface area contributed by atoms with E-state index in [1.807, 2.05) is 4.72 Å². The van der Waals surface area contributed by atoms with Gasteiger partial charge in [0.25, 0.3) is 5.91 Å². The van der Waals surface area contributed by atoms with Crippen LogP contribution in [-0.2, 0) is 14.9 Å².